The van der Waals surface area contributed by atoms with Gasteiger partial charge in [-0.05, 0) is 61.1 Å². The van der Waals surface area contributed by atoms with Gasteiger partial charge in [-0.3, -0.25) is 8.61 Å². The molecule has 0 radical (unpaired) electrons. The molecule has 6 rings (SSSR count). The Morgan fingerprint density at radius 1 is 0.362 bits per heavy atom. The van der Waals surface area contributed by atoms with E-state index in [9.17, 15) is 25.9 Å². The summed E-state index contributed by atoms with van der Waals surface area (Å²) < 4.78 is 75.8. The van der Waals surface area contributed by atoms with E-state index in [0.29, 0.717) is 37.3 Å². The second-order valence-electron chi connectivity index (χ2n) is 19.0. The number of fused-ring (bicyclic) bond motifs is 2. The predicted molar refractivity (Wildman–Crippen MR) is 287 cm³/mol. The average Bonchev–Trinajstić information content (AvgIpc) is 3.82. The quantitative estimate of drug-likeness (QED) is 0.0269. The van der Waals surface area contributed by atoms with Crippen LogP contribution in [0.1, 0.15) is 192 Å². The molecule has 2 aliphatic rings. The number of anilines is 4. The molecule has 0 saturated carbocycles. The number of benzene rings is 4. The first-order valence-electron chi connectivity index (χ1n) is 26.3. The number of para-hydroxylation sites is 4. The molecule has 2 aliphatic heterocycles. The van der Waals surface area contributed by atoms with Crippen LogP contribution < -0.4 is 18.4 Å². The third-order valence-corrected chi connectivity index (χ3v) is 15.5. The fraction of sp³-hybridized carbons (Fsp3) is 0.571. The van der Waals surface area contributed by atoms with Crippen LogP contribution in [0.15, 0.2) is 109 Å². The molecule has 0 aliphatic carbocycles. The van der Waals surface area contributed by atoms with Gasteiger partial charge in [0.1, 0.15) is 12.3 Å². The van der Waals surface area contributed by atoms with E-state index in [1.807, 2.05) is 84.9 Å². The minimum atomic E-state index is -4.61. The van der Waals surface area contributed by atoms with Crippen molar-refractivity contribution in [2.75, 3.05) is 18.4 Å². The molecule has 0 N–H and O–H groups in total. The normalized spacial score (nSPS) is 15.4. The third-order valence-electron chi connectivity index (χ3n) is 13.6. The van der Waals surface area contributed by atoms with Crippen molar-refractivity contribution in [3.8, 4) is 0 Å². The molecular weight excluding hydrogens is 929 g/mol. The van der Waals surface area contributed by atoms with Crippen LogP contribution in [0.5, 0.6) is 0 Å². The van der Waals surface area contributed by atoms with Gasteiger partial charge in [0.05, 0.1) is 22.7 Å². The minimum Gasteiger partial charge on any atom is -0.731 e. The second kappa shape index (κ2) is 32.3. The van der Waals surface area contributed by atoms with E-state index in [-0.39, 0.29) is 37.7 Å². The van der Waals surface area contributed by atoms with E-state index in [1.165, 1.54) is 116 Å². The molecule has 13 heteroatoms. The molecule has 4 aromatic rings. The summed E-state index contributed by atoms with van der Waals surface area (Å²) in [4.78, 5) is 4.16. The molecule has 0 saturated heterocycles. The molecule has 4 aromatic carbocycles. The first-order chi connectivity index (χ1) is 33.0. The molecule has 0 aromatic heterocycles. The van der Waals surface area contributed by atoms with E-state index in [1.54, 1.807) is 24.3 Å². The van der Waals surface area contributed by atoms with E-state index in [4.69, 9.17) is 0 Å². The molecule has 2 heterocycles. The van der Waals surface area contributed by atoms with Crippen molar-refractivity contribution in [3.05, 3.63) is 120 Å². The fourth-order valence-corrected chi connectivity index (χ4v) is 11.9. The Morgan fingerprint density at radius 3 is 0.884 bits per heavy atom. The predicted octanol–water partition coefficient (Wildman–Crippen LogP) is 14.4. The smallest absolute Gasteiger partial charge is 0.731 e. The molecule has 376 valence electrons. The zero-order valence-corrected chi connectivity index (χ0v) is 45.9. The maximum Gasteiger partial charge on any atom is 2.00 e. The van der Waals surface area contributed by atoms with Crippen molar-refractivity contribution in [2.24, 2.45) is 0 Å². The fourth-order valence-electron chi connectivity index (χ4n) is 10.0. The number of rotatable bonds is 32. The van der Waals surface area contributed by atoms with Gasteiger partial charge in [-0.15, -0.1) is 0 Å². The largest absolute Gasteiger partial charge is 2.00 e. The zero-order valence-electron chi connectivity index (χ0n) is 42.1. The molecule has 0 amide bonds. The van der Waals surface area contributed by atoms with Gasteiger partial charge in [0.15, 0.2) is 20.6 Å². The maximum absolute atomic E-state index is 12.3. The first-order valence-corrected chi connectivity index (χ1v) is 29.1. The summed E-state index contributed by atoms with van der Waals surface area (Å²) in [6.45, 7) is 5.66. The molecule has 0 bridgehead atoms. The van der Waals surface area contributed by atoms with Crippen molar-refractivity contribution in [2.45, 2.75) is 206 Å². The van der Waals surface area contributed by atoms with Gasteiger partial charge in [0.25, 0.3) is 0 Å². The number of hydrogen-bond donors (Lipinski definition) is 0. The molecule has 2 unspecified atom stereocenters. The third kappa shape index (κ3) is 19.6. The van der Waals surface area contributed by atoms with E-state index >= 15 is 0 Å². The first kappa shape index (κ1) is 58.7. The summed E-state index contributed by atoms with van der Waals surface area (Å²) in [6, 6.07) is 34.8. The Morgan fingerprint density at radius 2 is 0.609 bits per heavy atom. The number of unbranched alkanes of at least 4 members (excludes halogenated alkanes) is 22. The van der Waals surface area contributed by atoms with Crippen molar-refractivity contribution < 1.29 is 25.9 Å². The van der Waals surface area contributed by atoms with E-state index in [2.05, 4.69) is 23.6 Å². The molecule has 0 spiro atoms. The average molecular weight is 1010 g/mol. The van der Waals surface area contributed by atoms with Crippen molar-refractivity contribution >= 4 is 81.1 Å². The van der Waals surface area contributed by atoms with Gasteiger partial charge in [-0.1, -0.05) is 240 Å². The number of nitrogens with zero attached hydrogens (tertiary/aromatic N) is 4. The van der Waals surface area contributed by atoms with E-state index in [0.717, 1.165) is 69.6 Å². The van der Waals surface area contributed by atoms with Crippen LogP contribution in [0.25, 0.3) is 0 Å². The van der Waals surface area contributed by atoms with Crippen LogP contribution in [0, 0.1) is 0 Å². The Kier molecular flexibility index (Phi) is 27.5. The summed E-state index contributed by atoms with van der Waals surface area (Å²) >= 11 is 0. The summed E-state index contributed by atoms with van der Waals surface area (Å²) in [7, 11) is -9.23. The summed E-state index contributed by atoms with van der Waals surface area (Å²) in [5.41, 5.74) is 4.82. The Bertz CT molecular complexity index is 2060. The zero-order chi connectivity index (χ0) is 48.5. The van der Waals surface area contributed by atoms with Crippen LogP contribution >= 0.6 is 0 Å². The monoisotopic (exact) mass is 1010 g/mol. The number of hydrogen-bond acceptors (Lipinski definition) is 8. The second-order valence-corrected chi connectivity index (χ2v) is 21.5. The maximum atomic E-state index is 12.3. The van der Waals surface area contributed by atoms with E-state index < -0.39 is 32.9 Å². The Balaban J connectivity index is 0.000000296. The van der Waals surface area contributed by atoms with Gasteiger partial charge >= 0.3 is 37.7 Å². The molecule has 69 heavy (non-hydrogen) atoms. The SMILES string of the molecule is CCCCCCCCCCCCCCC1N(Cc2ccccc2)c2ccccc2N1S(=O)(=O)[O-].CCCCCCCCCCCCCCC1N(Cc2ccccc2)c2ccccc2N1S(=O)(=O)[O-].[Ca+2]. The van der Waals surface area contributed by atoms with Crippen LogP contribution in [0.3, 0.4) is 0 Å². The van der Waals surface area contributed by atoms with Gasteiger partial charge in [-0.2, -0.15) is 0 Å². The van der Waals surface area contributed by atoms with Gasteiger partial charge in [0, 0.05) is 13.1 Å². The van der Waals surface area contributed by atoms with Gasteiger partial charge in [0.2, 0.25) is 0 Å². The van der Waals surface area contributed by atoms with Crippen LogP contribution in [-0.4, -0.2) is 76.0 Å². The van der Waals surface area contributed by atoms with Crippen LogP contribution in [-0.2, 0) is 33.7 Å². The molecular formula is C56H82CaN4O6S2. The summed E-state index contributed by atoms with van der Waals surface area (Å²) in [5, 5.41) is 0. The Hall–Kier alpha value is -2.84. The van der Waals surface area contributed by atoms with Crippen molar-refractivity contribution in [1.82, 2.24) is 0 Å². The molecule has 2 atom stereocenters. The van der Waals surface area contributed by atoms with Crippen LogP contribution in [0.4, 0.5) is 22.7 Å². The summed E-state index contributed by atoms with van der Waals surface area (Å²) in [6.07, 6.45) is 30.5. The molecule has 0 fully saturated rings. The topological polar surface area (TPSA) is 127 Å². The standard InChI is InChI=1S/2C28H42N2O3S.Ca/c2*1-2-3-4-5-6-7-8-9-10-11-12-16-23-28-29(24-25-19-14-13-15-20-25)26-21-17-18-22-27(26)30(28)34(31,32)33;/h2*13-15,17-22,28H,2-12,16,23-24H2,1H3,(H,31,32,33);/q;;+2/p-2. The van der Waals surface area contributed by atoms with Gasteiger partial charge in [-0.25, -0.2) is 16.8 Å². The minimum absolute atomic E-state index is 0. The summed E-state index contributed by atoms with van der Waals surface area (Å²) in [5.74, 6) is 0. The molecule has 10 nitrogen and oxygen atoms in total. The van der Waals surface area contributed by atoms with Gasteiger partial charge < -0.3 is 18.9 Å². The van der Waals surface area contributed by atoms with Crippen molar-refractivity contribution in [1.29, 1.82) is 0 Å². The van der Waals surface area contributed by atoms with Crippen LogP contribution in [0.2, 0.25) is 0 Å². The van der Waals surface area contributed by atoms with Crippen molar-refractivity contribution in [3.63, 3.8) is 0 Å². The Labute approximate surface area is 448 Å².